The number of nitrogens with two attached hydrogens (primary N) is 3. The minimum absolute atomic E-state index is 0.00441. The van der Waals surface area contributed by atoms with E-state index in [4.69, 9.17) is 26.7 Å². The second-order valence-electron chi connectivity index (χ2n) is 5.32. The molecule has 0 rings (SSSR count). The summed E-state index contributed by atoms with van der Waals surface area (Å²) in [5, 5.41) is 0. The zero-order valence-corrected chi connectivity index (χ0v) is 12.2. The molecule has 0 aromatic carbocycles. The summed E-state index contributed by atoms with van der Waals surface area (Å²) in [5.41, 5.74) is 15.3. The number of guanidine groups is 1. The molecule has 0 aromatic heterocycles. The SMILES string of the molecule is CC(C)(C)C(=O)OCOC(=O)C(N)CCCN=C(N)N. The zero-order valence-electron chi connectivity index (χ0n) is 12.2. The summed E-state index contributed by atoms with van der Waals surface area (Å²) < 4.78 is 9.55. The minimum Gasteiger partial charge on any atom is -0.427 e. The van der Waals surface area contributed by atoms with Crippen molar-refractivity contribution in [3.8, 4) is 0 Å². The van der Waals surface area contributed by atoms with E-state index in [1.165, 1.54) is 0 Å². The molecule has 0 amide bonds. The number of hydrogen-bond acceptors (Lipinski definition) is 6. The lowest BCUT2D eigenvalue weighted by molar-refractivity contribution is -0.173. The summed E-state index contributed by atoms with van der Waals surface area (Å²) in [6.07, 6.45) is 0.929. The smallest absolute Gasteiger partial charge is 0.325 e. The monoisotopic (exact) mass is 288 g/mol. The largest absolute Gasteiger partial charge is 0.427 e. The van der Waals surface area contributed by atoms with Crippen LogP contribution in [0.15, 0.2) is 4.99 Å². The Morgan fingerprint density at radius 1 is 1.20 bits per heavy atom. The fraction of sp³-hybridized carbons (Fsp3) is 0.750. The summed E-state index contributed by atoms with van der Waals surface area (Å²) >= 11 is 0. The van der Waals surface area contributed by atoms with Crippen molar-refractivity contribution in [2.75, 3.05) is 13.3 Å². The molecule has 0 aliphatic heterocycles. The van der Waals surface area contributed by atoms with Gasteiger partial charge in [-0.25, -0.2) is 0 Å². The molecular formula is C12H24N4O4. The van der Waals surface area contributed by atoms with Gasteiger partial charge in [-0.15, -0.1) is 0 Å². The molecule has 0 saturated carbocycles. The van der Waals surface area contributed by atoms with Gasteiger partial charge in [0.1, 0.15) is 6.04 Å². The molecule has 20 heavy (non-hydrogen) atoms. The first-order valence-corrected chi connectivity index (χ1v) is 6.29. The fourth-order valence-corrected chi connectivity index (χ4v) is 1.10. The van der Waals surface area contributed by atoms with Crippen molar-refractivity contribution >= 4 is 17.9 Å². The highest BCUT2D eigenvalue weighted by molar-refractivity contribution is 5.77. The first-order chi connectivity index (χ1) is 9.14. The van der Waals surface area contributed by atoms with Crippen LogP contribution in [0.5, 0.6) is 0 Å². The second kappa shape index (κ2) is 8.36. The van der Waals surface area contributed by atoms with Gasteiger partial charge in [0.05, 0.1) is 5.41 Å². The predicted octanol–water partition coefficient (Wildman–Crippen LogP) is -0.543. The van der Waals surface area contributed by atoms with E-state index in [1.807, 2.05) is 0 Å². The fourth-order valence-electron chi connectivity index (χ4n) is 1.10. The van der Waals surface area contributed by atoms with Gasteiger partial charge in [0.15, 0.2) is 5.96 Å². The molecule has 0 aliphatic rings. The van der Waals surface area contributed by atoms with Gasteiger partial charge in [0.25, 0.3) is 0 Å². The van der Waals surface area contributed by atoms with E-state index in [1.54, 1.807) is 20.8 Å². The first-order valence-electron chi connectivity index (χ1n) is 6.29. The second-order valence-corrected chi connectivity index (χ2v) is 5.32. The Kier molecular flexibility index (Phi) is 7.60. The van der Waals surface area contributed by atoms with Crippen molar-refractivity contribution in [1.82, 2.24) is 0 Å². The normalized spacial score (nSPS) is 12.4. The van der Waals surface area contributed by atoms with Crippen LogP contribution in [0.25, 0.3) is 0 Å². The molecule has 1 unspecified atom stereocenters. The van der Waals surface area contributed by atoms with E-state index >= 15 is 0 Å². The summed E-state index contributed by atoms with van der Waals surface area (Å²) in [5.74, 6) is -1.08. The van der Waals surface area contributed by atoms with Gasteiger partial charge in [-0.05, 0) is 33.6 Å². The van der Waals surface area contributed by atoms with Gasteiger partial charge in [-0.1, -0.05) is 0 Å². The van der Waals surface area contributed by atoms with Crippen LogP contribution in [-0.4, -0.2) is 37.3 Å². The van der Waals surface area contributed by atoms with Crippen LogP contribution in [0.3, 0.4) is 0 Å². The maximum atomic E-state index is 11.5. The van der Waals surface area contributed by atoms with Gasteiger partial charge < -0.3 is 26.7 Å². The van der Waals surface area contributed by atoms with Crippen molar-refractivity contribution in [1.29, 1.82) is 0 Å². The van der Waals surface area contributed by atoms with Crippen LogP contribution in [0.4, 0.5) is 0 Å². The molecule has 0 aromatic rings. The van der Waals surface area contributed by atoms with Crippen LogP contribution in [-0.2, 0) is 19.1 Å². The number of carbonyl (C=O) groups is 2. The Balaban J connectivity index is 3.86. The van der Waals surface area contributed by atoms with Crippen LogP contribution < -0.4 is 17.2 Å². The minimum atomic E-state index is -0.794. The maximum Gasteiger partial charge on any atom is 0.325 e. The lowest BCUT2D eigenvalue weighted by Gasteiger charge is -2.17. The van der Waals surface area contributed by atoms with Crippen molar-refractivity contribution in [3.05, 3.63) is 0 Å². The van der Waals surface area contributed by atoms with Crippen LogP contribution in [0, 0.1) is 5.41 Å². The summed E-state index contributed by atoms with van der Waals surface area (Å²) in [4.78, 5) is 26.6. The van der Waals surface area contributed by atoms with Crippen molar-refractivity contribution in [2.24, 2.45) is 27.6 Å². The Morgan fingerprint density at radius 3 is 2.30 bits per heavy atom. The molecular weight excluding hydrogens is 264 g/mol. The first kappa shape index (κ1) is 18.2. The molecule has 0 radical (unpaired) electrons. The Bertz CT molecular complexity index is 359. The van der Waals surface area contributed by atoms with E-state index in [0.717, 1.165) is 0 Å². The third-order valence-electron chi connectivity index (χ3n) is 2.27. The summed E-state index contributed by atoms with van der Waals surface area (Å²) in [6, 6.07) is -0.794. The van der Waals surface area contributed by atoms with E-state index in [0.29, 0.717) is 19.4 Å². The molecule has 116 valence electrons. The Hall–Kier alpha value is -1.83. The van der Waals surface area contributed by atoms with E-state index < -0.39 is 30.2 Å². The quantitative estimate of drug-likeness (QED) is 0.187. The average Bonchev–Trinajstić information content (AvgIpc) is 2.32. The van der Waals surface area contributed by atoms with Crippen molar-refractivity contribution in [2.45, 2.75) is 39.7 Å². The highest BCUT2D eigenvalue weighted by Gasteiger charge is 2.23. The van der Waals surface area contributed by atoms with Gasteiger partial charge in [0.2, 0.25) is 6.79 Å². The Labute approximate surface area is 118 Å². The molecule has 1 atom stereocenters. The molecule has 0 saturated heterocycles. The molecule has 6 N–H and O–H groups in total. The van der Waals surface area contributed by atoms with E-state index in [2.05, 4.69) is 4.99 Å². The van der Waals surface area contributed by atoms with Crippen LogP contribution in [0.1, 0.15) is 33.6 Å². The standard InChI is InChI=1S/C12H24N4O4/c1-12(2,3)10(18)20-7-19-9(17)8(13)5-4-6-16-11(14)15/h8H,4-7,13H2,1-3H3,(H4,14,15,16). The Morgan fingerprint density at radius 2 is 1.80 bits per heavy atom. The predicted molar refractivity (Wildman–Crippen MR) is 74.4 cm³/mol. The maximum absolute atomic E-state index is 11.5. The number of hydrogen-bond donors (Lipinski definition) is 3. The number of nitrogens with zero attached hydrogens (tertiary/aromatic N) is 1. The highest BCUT2D eigenvalue weighted by atomic mass is 16.7. The van der Waals surface area contributed by atoms with Crippen molar-refractivity contribution in [3.63, 3.8) is 0 Å². The molecule has 0 spiro atoms. The van der Waals surface area contributed by atoms with Crippen molar-refractivity contribution < 1.29 is 19.1 Å². The highest BCUT2D eigenvalue weighted by Crippen LogP contribution is 2.14. The van der Waals surface area contributed by atoms with Gasteiger partial charge >= 0.3 is 11.9 Å². The number of aliphatic imine (C=N–C) groups is 1. The van der Waals surface area contributed by atoms with E-state index in [-0.39, 0.29) is 5.96 Å². The third kappa shape index (κ3) is 8.30. The van der Waals surface area contributed by atoms with Gasteiger partial charge in [-0.2, -0.15) is 0 Å². The molecule has 0 aliphatic carbocycles. The molecule has 8 nitrogen and oxygen atoms in total. The topological polar surface area (TPSA) is 143 Å². The van der Waals surface area contributed by atoms with Crippen LogP contribution in [0.2, 0.25) is 0 Å². The van der Waals surface area contributed by atoms with E-state index in [9.17, 15) is 9.59 Å². The molecule has 8 heteroatoms. The number of rotatable bonds is 7. The summed E-state index contributed by atoms with van der Waals surface area (Å²) in [6.45, 7) is 5.06. The lowest BCUT2D eigenvalue weighted by atomic mass is 9.98. The number of carbonyl (C=O) groups excluding carboxylic acids is 2. The third-order valence-corrected chi connectivity index (χ3v) is 2.27. The lowest BCUT2D eigenvalue weighted by Crippen LogP contribution is -2.34. The number of esters is 2. The van der Waals surface area contributed by atoms with Gasteiger partial charge in [-0.3, -0.25) is 14.6 Å². The molecule has 0 fully saturated rings. The average molecular weight is 288 g/mol. The molecule has 0 bridgehead atoms. The summed E-state index contributed by atoms with van der Waals surface area (Å²) in [7, 11) is 0. The molecule has 0 heterocycles. The van der Waals surface area contributed by atoms with Crippen LogP contribution >= 0.6 is 0 Å². The number of ether oxygens (including phenoxy) is 2. The zero-order chi connectivity index (χ0) is 15.8. The van der Waals surface area contributed by atoms with Gasteiger partial charge in [0, 0.05) is 6.54 Å².